The number of hydrogen-bond acceptors (Lipinski definition) is 5. The number of rotatable bonds is 7. The number of amides is 2. The van der Waals surface area contributed by atoms with E-state index >= 15 is 0 Å². The number of benzene rings is 2. The lowest BCUT2D eigenvalue weighted by atomic mass is 9.86. The third-order valence-corrected chi connectivity index (χ3v) is 9.48. The Hall–Kier alpha value is -2.17. The van der Waals surface area contributed by atoms with Crippen molar-refractivity contribution < 1.29 is 18.0 Å². The van der Waals surface area contributed by atoms with Crippen molar-refractivity contribution in [2.75, 3.05) is 13.1 Å². The predicted molar refractivity (Wildman–Crippen MR) is 149 cm³/mol. The van der Waals surface area contributed by atoms with Gasteiger partial charge in [-0.3, -0.25) is 9.59 Å². The van der Waals surface area contributed by atoms with Crippen LogP contribution in [0.1, 0.15) is 62.8 Å². The van der Waals surface area contributed by atoms with Crippen LogP contribution in [0.15, 0.2) is 41.3 Å². The van der Waals surface area contributed by atoms with Gasteiger partial charge in [-0.1, -0.05) is 41.4 Å². The molecule has 4 rings (SSSR count). The summed E-state index contributed by atoms with van der Waals surface area (Å²) in [5, 5.41) is 9.55. The standard InChI is InChI=1S/C27H34Cl2N4O4S/c1-27(2,3)31-16-17-7-9-20-18(13-17)5-4-6-23(20)32-25(34)15-24-26(35)30-11-12-33(24)38(36,37)19-8-10-21(28)22(29)14-19/h7-10,13-14,23-24,31H,4-6,11-12,15-16H2,1-3H3,(H,30,35)(H,32,34)/t23-,24?/m1/s1. The maximum absolute atomic E-state index is 13.4. The summed E-state index contributed by atoms with van der Waals surface area (Å²) >= 11 is 12.0. The van der Waals surface area contributed by atoms with Crippen molar-refractivity contribution in [1.29, 1.82) is 0 Å². The lowest BCUT2D eigenvalue weighted by Gasteiger charge is -2.34. The fourth-order valence-electron chi connectivity index (χ4n) is 4.87. The molecule has 2 aromatic rings. The highest BCUT2D eigenvalue weighted by molar-refractivity contribution is 7.89. The van der Waals surface area contributed by atoms with Crippen LogP contribution in [0.3, 0.4) is 0 Å². The van der Waals surface area contributed by atoms with Gasteiger partial charge in [-0.25, -0.2) is 8.42 Å². The minimum absolute atomic E-state index is 0.0129. The molecule has 1 aliphatic carbocycles. The molecule has 1 aliphatic heterocycles. The minimum Gasteiger partial charge on any atom is -0.353 e. The smallest absolute Gasteiger partial charge is 0.243 e. The van der Waals surface area contributed by atoms with Crippen LogP contribution in [0.5, 0.6) is 0 Å². The molecule has 2 aliphatic rings. The van der Waals surface area contributed by atoms with E-state index in [0.29, 0.717) is 0 Å². The SMILES string of the molecule is CC(C)(C)NCc1ccc2c(c1)CCC[C@H]2NC(=O)CC1C(=O)NCCN1S(=O)(=O)c1ccc(Cl)c(Cl)c1. The number of piperazine rings is 1. The molecule has 3 N–H and O–H groups in total. The van der Waals surface area contributed by atoms with E-state index < -0.39 is 22.0 Å². The second-order valence-electron chi connectivity index (χ2n) is 10.9. The van der Waals surface area contributed by atoms with Crippen LogP contribution < -0.4 is 16.0 Å². The Labute approximate surface area is 234 Å². The van der Waals surface area contributed by atoms with Gasteiger partial charge in [-0.15, -0.1) is 0 Å². The molecule has 0 aromatic heterocycles. The van der Waals surface area contributed by atoms with Gasteiger partial charge in [0.25, 0.3) is 0 Å². The Morgan fingerprint density at radius 2 is 1.89 bits per heavy atom. The number of aryl methyl sites for hydroxylation is 1. The highest BCUT2D eigenvalue weighted by Gasteiger charge is 2.40. The molecule has 11 heteroatoms. The van der Waals surface area contributed by atoms with Gasteiger partial charge in [-0.2, -0.15) is 4.31 Å². The van der Waals surface area contributed by atoms with E-state index in [-0.39, 0.29) is 51.9 Å². The molecule has 2 aromatic carbocycles. The maximum atomic E-state index is 13.4. The number of nitrogens with zero attached hydrogens (tertiary/aromatic N) is 1. The van der Waals surface area contributed by atoms with Crippen molar-refractivity contribution in [2.24, 2.45) is 0 Å². The van der Waals surface area contributed by atoms with Gasteiger partial charge in [0.1, 0.15) is 6.04 Å². The van der Waals surface area contributed by atoms with Gasteiger partial charge in [0.15, 0.2) is 0 Å². The number of nitrogens with one attached hydrogen (secondary N) is 3. The largest absolute Gasteiger partial charge is 0.353 e. The van der Waals surface area contributed by atoms with Gasteiger partial charge in [-0.05, 0) is 74.9 Å². The van der Waals surface area contributed by atoms with Crippen molar-refractivity contribution in [3.8, 4) is 0 Å². The Morgan fingerprint density at radius 1 is 1.13 bits per heavy atom. The summed E-state index contributed by atoms with van der Waals surface area (Å²) in [6.07, 6.45) is 2.36. The van der Waals surface area contributed by atoms with Crippen LogP contribution in [-0.2, 0) is 32.6 Å². The van der Waals surface area contributed by atoms with Gasteiger partial charge in [0.2, 0.25) is 21.8 Å². The molecule has 0 spiro atoms. The third kappa shape index (κ3) is 6.69. The van der Waals surface area contributed by atoms with E-state index in [9.17, 15) is 18.0 Å². The summed E-state index contributed by atoms with van der Waals surface area (Å²) in [6, 6.07) is 8.96. The molecule has 0 bridgehead atoms. The fraction of sp³-hybridized carbons (Fsp3) is 0.481. The molecule has 1 saturated heterocycles. The first-order chi connectivity index (χ1) is 17.8. The number of carbonyl (C=O) groups is 2. The van der Waals surface area contributed by atoms with Gasteiger partial charge >= 0.3 is 0 Å². The molecule has 2 atom stereocenters. The zero-order valence-electron chi connectivity index (χ0n) is 21.8. The van der Waals surface area contributed by atoms with Crippen molar-refractivity contribution in [2.45, 2.75) is 75.5 Å². The molecule has 2 amide bonds. The van der Waals surface area contributed by atoms with Crippen molar-refractivity contribution in [3.05, 3.63) is 63.1 Å². The van der Waals surface area contributed by atoms with E-state index in [2.05, 4.69) is 54.9 Å². The van der Waals surface area contributed by atoms with Gasteiger partial charge in [0, 0.05) is 25.2 Å². The van der Waals surface area contributed by atoms with Crippen LogP contribution in [-0.4, -0.2) is 49.2 Å². The molecule has 1 fully saturated rings. The Kier molecular flexibility index (Phi) is 8.74. The van der Waals surface area contributed by atoms with E-state index in [1.54, 1.807) is 0 Å². The predicted octanol–water partition coefficient (Wildman–Crippen LogP) is 3.95. The summed E-state index contributed by atoms with van der Waals surface area (Å²) in [7, 11) is -4.09. The van der Waals surface area contributed by atoms with Crippen molar-refractivity contribution in [1.82, 2.24) is 20.3 Å². The first-order valence-corrected chi connectivity index (χ1v) is 15.0. The Morgan fingerprint density at radius 3 is 2.61 bits per heavy atom. The highest BCUT2D eigenvalue weighted by Crippen LogP contribution is 2.32. The Bertz CT molecular complexity index is 1330. The number of carbonyl (C=O) groups excluding carboxylic acids is 2. The number of fused-ring (bicyclic) bond motifs is 1. The monoisotopic (exact) mass is 580 g/mol. The van der Waals surface area contributed by atoms with E-state index in [1.165, 1.54) is 29.3 Å². The highest BCUT2D eigenvalue weighted by atomic mass is 35.5. The average Bonchev–Trinajstić information content (AvgIpc) is 2.85. The van der Waals surface area contributed by atoms with Crippen LogP contribution in [0.4, 0.5) is 0 Å². The number of sulfonamides is 1. The van der Waals surface area contributed by atoms with Crippen LogP contribution in [0, 0.1) is 0 Å². The summed E-state index contributed by atoms with van der Waals surface area (Å²) in [4.78, 5) is 25.8. The van der Waals surface area contributed by atoms with Crippen LogP contribution in [0.25, 0.3) is 0 Å². The quantitative estimate of drug-likeness (QED) is 0.459. The molecular weight excluding hydrogens is 547 g/mol. The second-order valence-corrected chi connectivity index (χ2v) is 13.6. The van der Waals surface area contributed by atoms with E-state index in [1.807, 2.05) is 0 Å². The molecular formula is C27H34Cl2N4O4S. The maximum Gasteiger partial charge on any atom is 0.243 e. The second kappa shape index (κ2) is 11.5. The van der Waals surface area contributed by atoms with Crippen molar-refractivity contribution in [3.63, 3.8) is 0 Å². The zero-order chi connectivity index (χ0) is 27.7. The molecule has 38 heavy (non-hydrogen) atoms. The molecule has 206 valence electrons. The van der Waals surface area contributed by atoms with Crippen LogP contribution >= 0.6 is 23.2 Å². The number of halogens is 2. The summed E-state index contributed by atoms with van der Waals surface area (Å²) in [5.74, 6) is -0.882. The van der Waals surface area contributed by atoms with Crippen molar-refractivity contribution >= 4 is 45.0 Å². The van der Waals surface area contributed by atoms with E-state index in [0.717, 1.165) is 35.7 Å². The molecule has 0 saturated carbocycles. The lowest BCUT2D eigenvalue weighted by Crippen LogP contribution is -2.58. The summed E-state index contributed by atoms with van der Waals surface area (Å²) in [6.45, 7) is 7.33. The van der Waals surface area contributed by atoms with E-state index in [4.69, 9.17) is 23.2 Å². The summed E-state index contributed by atoms with van der Waals surface area (Å²) < 4.78 is 27.9. The molecule has 8 nitrogen and oxygen atoms in total. The first kappa shape index (κ1) is 28.8. The summed E-state index contributed by atoms with van der Waals surface area (Å²) in [5.41, 5.74) is 3.47. The zero-order valence-corrected chi connectivity index (χ0v) is 24.1. The molecule has 0 radical (unpaired) electrons. The molecule has 1 heterocycles. The average molecular weight is 582 g/mol. The lowest BCUT2D eigenvalue weighted by molar-refractivity contribution is -0.132. The first-order valence-electron chi connectivity index (χ1n) is 12.8. The van der Waals surface area contributed by atoms with Crippen LogP contribution in [0.2, 0.25) is 10.0 Å². The Balaban J connectivity index is 1.48. The topological polar surface area (TPSA) is 108 Å². The molecule has 1 unspecified atom stereocenters. The third-order valence-electron chi connectivity index (χ3n) is 6.84. The fourth-order valence-corrected chi connectivity index (χ4v) is 6.85. The number of hydrogen-bond donors (Lipinski definition) is 3. The normalized spacial score (nSPS) is 20.5. The van der Waals surface area contributed by atoms with Gasteiger partial charge < -0.3 is 16.0 Å². The minimum atomic E-state index is -4.09. The van der Waals surface area contributed by atoms with Gasteiger partial charge in [0.05, 0.1) is 27.4 Å².